The van der Waals surface area contributed by atoms with Gasteiger partial charge < -0.3 is 10.6 Å². The Balaban J connectivity index is 1.79. The number of carbonyl (C=O) groups is 2. The van der Waals surface area contributed by atoms with E-state index in [1.54, 1.807) is 17.0 Å². The van der Waals surface area contributed by atoms with Gasteiger partial charge in [-0.15, -0.1) is 0 Å². The largest absolute Gasteiger partial charge is 0.370 e. The highest BCUT2D eigenvalue weighted by Crippen LogP contribution is 2.20. The van der Waals surface area contributed by atoms with Crippen molar-refractivity contribution < 1.29 is 9.59 Å². The van der Waals surface area contributed by atoms with Crippen LogP contribution in [-0.4, -0.2) is 39.4 Å². The fourth-order valence-electron chi connectivity index (χ4n) is 3.26. The lowest BCUT2D eigenvalue weighted by molar-refractivity contribution is -0.134. The average molecular weight is 328 g/mol. The molecule has 1 unspecified atom stereocenters. The summed E-state index contributed by atoms with van der Waals surface area (Å²) in [6, 6.07) is 7.24. The third-order valence-corrected chi connectivity index (χ3v) is 4.41. The Labute approximate surface area is 139 Å². The number of carbonyl (C=O) groups excluding carboxylic acids is 2. The smallest absolute Gasteiger partial charge is 0.269 e. The molecule has 0 radical (unpaired) electrons. The molecule has 0 saturated carbocycles. The summed E-state index contributed by atoms with van der Waals surface area (Å²) in [7, 11) is 0. The maximum absolute atomic E-state index is 12.6. The Morgan fingerprint density at radius 2 is 2.08 bits per heavy atom. The van der Waals surface area contributed by atoms with Crippen molar-refractivity contribution in [2.45, 2.75) is 25.8 Å². The van der Waals surface area contributed by atoms with Gasteiger partial charge in [0, 0.05) is 19.5 Å². The molecule has 2 aromatic rings. The van der Waals surface area contributed by atoms with Crippen molar-refractivity contribution in [3.8, 4) is 0 Å². The Morgan fingerprint density at radius 3 is 2.88 bits per heavy atom. The van der Waals surface area contributed by atoms with Gasteiger partial charge in [0.05, 0.1) is 17.2 Å². The van der Waals surface area contributed by atoms with E-state index in [0.717, 1.165) is 12.8 Å². The summed E-state index contributed by atoms with van der Waals surface area (Å²) in [6.45, 7) is 1.14. The average Bonchev–Trinajstić information content (AvgIpc) is 2.57. The molecule has 1 aliphatic heterocycles. The van der Waals surface area contributed by atoms with Crippen molar-refractivity contribution in [2.75, 3.05) is 13.1 Å². The number of nitrogens with zero attached hydrogens (tertiary/aromatic N) is 3. The third kappa shape index (κ3) is 3.45. The van der Waals surface area contributed by atoms with Crippen molar-refractivity contribution in [2.24, 2.45) is 11.7 Å². The first-order valence-electron chi connectivity index (χ1n) is 8.05. The van der Waals surface area contributed by atoms with Gasteiger partial charge in [0.1, 0.15) is 6.54 Å². The van der Waals surface area contributed by atoms with Crippen LogP contribution in [0.5, 0.6) is 0 Å². The number of amides is 2. The number of benzene rings is 1. The van der Waals surface area contributed by atoms with E-state index in [1.807, 2.05) is 12.1 Å². The number of nitrogens with two attached hydrogens (primary N) is 1. The van der Waals surface area contributed by atoms with Crippen molar-refractivity contribution in [1.82, 2.24) is 14.5 Å². The lowest BCUT2D eigenvalue weighted by Gasteiger charge is -2.32. The Bertz CT molecular complexity index is 830. The first kappa shape index (κ1) is 16.2. The van der Waals surface area contributed by atoms with Crippen LogP contribution < -0.4 is 11.3 Å². The molecule has 2 heterocycles. The van der Waals surface area contributed by atoms with E-state index in [9.17, 15) is 14.4 Å². The van der Waals surface area contributed by atoms with Gasteiger partial charge in [0.25, 0.3) is 5.56 Å². The second-order valence-electron chi connectivity index (χ2n) is 6.19. The summed E-state index contributed by atoms with van der Waals surface area (Å²) in [5.41, 5.74) is 6.28. The Kier molecular flexibility index (Phi) is 4.59. The van der Waals surface area contributed by atoms with Crippen LogP contribution >= 0.6 is 0 Å². The molecular weight excluding hydrogens is 308 g/mol. The van der Waals surface area contributed by atoms with Crippen LogP contribution in [0.2, 0.25) is 0 Å². The van der Waals surface area contributed by atoms with E-state index in [0.29, 0.717) is 30.5 Å². The number of primary amides is 1. The summed E-state index contributed by atoms with van der Waals surface area (Å²) in [5.74, 6) is -0.362. The lowest BCUT2D eigenvalue weighted by atomic mass is 9.94. The SMILES string of the molecule is NC(=O)CC1CCCN(C(=O)Cn2c(=O)cnc3ccccc32)C1. The molecule has 0 aliphatic carbocycles. The quantitative estimate of drug-likeness (QED) is 0.884. The number of fused-ring (bicyclic) bond motifs is 1. The number of likely N-dealkylation sites (tertiary alicyclic amines) is 1. The van der Waals surface area contributed by atoms with Gasteiger partial charge >= 0.3 is 0 Å². The van der Waals surface area contributed by atoms with Crippen LogP contribution in [0, 0.1) is 5.92 Å². The maximum atomic E-state index is 12.6. The first-order valence-corrected chi connectivity index (χ1v) is 8.05. The molecule has 1 aliphatic rings. The number of para-hydroxylation sites is 2. The molecule has 7 nitrogen and oxygen atoms in total. The van der Waals surface area contributed by atoms with Gasteiger partial charge in [-0.05, 0) is 30.9 Å². The molecular formula is C17H20N4O3. The fourth-order valence-corrected chi connectivity index (χ4v) is 3.26. The molecule has 1 aromatic carbocycles. The van der Waals surface area contributed by atoms with Crippen molar-refractivity contribution >= 4 is 22.8 Å². The Morgan fingerprint density at radius 1 is 1.29 bits per heavy atom. The van der Waals surface area contributed by atoms with Crippen LogP contribution in [-0.2, 0) is 16.1 Å². The maximum Gasteiger partial charge on any atom is 0.269 e. The number of rotatable bonds is 4. The van der Waals surface area contributed by atoms with Crippen LogP contribution in [0.25, 0.3) is 11.0 Å². The molecule has 24 heavy (non-hydrogen) atoms. The topological polar surface area (TPSA) is 98.3 Å². The summed E-state index contributed by atoms with van der Waals surface area (Å²) in [4.78, 5) is 41.7. The van der Waals surface area contributed by atoms with Crippen molar-refractivity contribution in [3.63, 3.8) is 0 Å². The van der Waals surface area contributed by atoms with Crippen LogP contribution in [0.1, 0.15) is 19.3 Å². The number of aromatic nitrogens is 2. The minimum Gasteiger partial charge on any atom is -0.370 e. The second-order valence-corrected chi connectivity index (χ2v) is 6.19. The van der Waals surface area contributed by atoms with Gasteiger partial charge in [0.2, 0.25) is 11.8 Å². The fraction of sp³-hybridized carbons (Fsp3) is 0.412. The summed E-state index contributed by atoms with van der Waals surface area (Å²) >= 11 is 0. The lowest BCUT2D eigenvalue weighted by Crippen LogP contribution is -2.43. The van der Waals surface area contributed by atoms with Crippen molar-refractivity contribution in [3.05, 3.63) is 40.8 Å². The monoisotopic (exact) mass is 328 g/mol. The molecule has 1 atom stereocenters. The number of hydrogen-bond acceptors (Lipinski definition) is 4. The van der Waals surface area contributed by atoms with E-state index in [1.165, 1.54) is 10.8 Å². The Hall–Kier alpha value is -2.70. The van der Waals surface area contributed by atoms with E-state index in [2.05, 4.69) is 4.98 Å². The highest BCUT2D eigenvalue weighted by Gasteiger charge is 2.25. The minimum absolute atomic E-state index is 0.0227. The molecule has 1 saturated heterocycles. The zero-order valence-electron chi connectivity index (χ0n) is 13.4. The van der Waals surface area contributed by atoms with E-state index in [-0.39, 0.29) is 29.8 Å². The predicted octanol–water partition coefficient (Wildman–Crippen LogP) is 0.510. The molecule has 2 amide bonds. The zero-order valence-corrected chi connectivity index (χ0v) is 13.4. The molecule has 126 valence electrons. The minimum atomic E-state index is -0.342. The third-order valence-electron chi connectivity index (χ3n) is 4.41. The van der Waals surface area contributed by atoms with Crippen molar-refractivity contribution in [1.29, 1.82) is 0 Å². The number of hydrogen-bond donors (Lipinski definition) is 1. The zero-order chi connectivity index (χ0) is 17.1. The van der Waals surface area contributed by atoms with E-state index < -0.39 is 0 Å². The van der Waals surface area contributed by atoms with Crippen LogP contribution in [0.4, 0.5) is 0 Å². The standard InChI is InChI=1S/C17H20N4O3/c18-15(22)8-12-4-3-7-20(10-12)17(24)11-21-14-6-2-1-5-13(14)19-9-16(21)23/h1-2,5-6,9,12H,3-4,7-8,10-11H2,(H2,18,22). The van der Waals surface area contributed by atoms with Gasteiger partial charge in [-0.25, -0.2) is 4.98 Å². The van der Waals surface area contributed by atoms with E-state index >= 15 is 0 Å². The second kappa shape index (κ2) is 6.82. The highest BCUT2D eigenvalue weighted by molar-refractivity contribution is 5.80. The van der Waals surface area contributed by atoms with Gasteiger partial charge in [0.15, 0.2) is 0 Å². The predicted molar refractivity (Wildman–Crippen MR) is 89.1 cm³/mol. The molecule has 1 fully saturated rings. The molecule has 0 bridgehead atoms. The molecule has 7 heteroatoms. The molecule has 3 rings (SSSR count). The summed E-state index contributed by atoms with van der Waals surface area (Å²) < 4.78 is 1.45. The first-order chi connectivity index (χ1) is 11.5. The van der Waals surface area contributed by atoms with Gasteiger partial charge in [-0.1, -0.05) is 12.1 Å². The molecule has 0 spiro atoms. The van der Waals surface area contributed by atoms with Crippen LogP contribution in [0.15, 0.2) is 35.3 Å². The molecule has 1 aromatic heterocycles. The van der Waals surface area contributed by atoms with Gasteiger partial charge in [-0.3, -0.25) is 19.0 Å². The normalized spacial score (nSPS) is 17.8. The summed E-state index contributed by atoms with van der Waals surface area (Å²) in [5, 5.41) is 0. The number of piperidine rings is 1. The summed E-state index contributed by atoms with van der Waals surface area (Å²) in [6.07, 6.45) is 3.27. The molecule has 2 N–H and O–H groups in total. The highest BCUT2D eigenvalue weighted by atomic mass is 16.2. The van der Waals surface area contributed by atoms with Crippen LogP contribution in [0.3, 0.4) is 0 Å². The van der Waals surface area contributed by atoms with E-state index in [4.69, 9.17) is 5.73 Å². The van der Waals surface area contributed by atoms with Gasteiger partial charge in [-0.2, -0.15) is 0 Å².